The summed E-state index contributed by atoms with van der Waals surface area (Å²) in [6.07, 6.45) is 4.36. The van der Waals surface area contributed by atoms with Gasteiger partial charge in [0.05, 0.1) is 15.6 Å². The fourth-order valence-corrected chi connectivity index (χ4v) is 4.84. The molecule has 3 nitrogen and oxygen atoms in total. The number of aryl methyl sites for hydroxylation is 1. The fraction of sp³-hybridized carbons (Fsp3) is 0.111. The molecule has 0 amide bonds. The summed E-state index contributed by atoms with van der Waals surface area (Å²) in [6.45, 7) is 0. The van der Waals surface area contributed by atoms with Crippen LogP contribution in [-0.2, 0) is 7.05 Å². The van der Waals surface area contributed by atoms with Gasteiger partial charge in [-0.1, -0.05) is 36.4 Å². The van der Waals surface area contributed by atoms with Crippen molar-refractivity contribution in [3.63, 3.8) is 0 Å². The van der Waals surface area contributed by atoms with Gasteiger partial charge in [-0.05, 0) is 42.0 Å². The van der Waals surface area contributed by atoms with Crippen LogP contribution in [0.25, 0.3) is 43.8 Å². The molecule has 4 heteroatoms. The van der Waals surface area contributed by atoms with Crippen LogP contribution in [0.2, 0.25) is 0 Å². The number of pyridine rings is 1. The number of thiazole rings is 1. The summed E-state index contributed by atoms with van der Waals surface area (Å²) in [7, 11) is 6.24. The van der Waals surface area contributed by atoms with E-state index in [4.69, 9.17) is 4.98 Å². The molecule has 5 aromatic rings. The van der Waals surface area contributed by atoms with Crippen molar-refractivity contribution in [1.82, 2.24) is 4.98 Å². The van der Waals surface area contributed by atoms with Gasteiger partial charge in [-0.15, -0.1) is 11.3 Å². The van der Waals surface area contributed by atoms with E-state index < -0.39 is 0 Å². The van der Waals surface area contributed by atoms with Gasteiger partial charge in [0.2, 0.25) is 11.2 Å². The van der Waals surface area contributed by atoms with E-state index in [1.165, 1.54) is 32.4 Å². The van der Waals surface area contributed by atoms with Crippen molar-refractivity contribution in [2.24, 2.45) is 7.05 Å². The molecule has 0 aliphatic carbocycles. The highest BCUT2D eigenvalue weighted by Crippen LogP contribution is 2.34. The normalized spacial score (nSPS) is 11.6. The van der Waals surface area contributed by atoms with Crippen molar-refractivity contribution in [1.29, 1.82) is 0 Å². The van der Waals surface area contributed by atoms with E-state index in [2.05, 4.69) is 116 Å². The summed E-state index contributed by atoms with van der Waals surface area (Å²) in [6, 6.07) is 27.7. The first kappa shape index (κ1) is 19.5. The van der Waals surface area contributed by atoms with Crippen LogP contribution in [0.5, 0.6) is 0 Å². The number of para-hydroxylation sites is 2. The van der Waals surface area contributed by atoms with Crippen LogP contribution < -0.4 is 9.47 Å². The molecule has 2 aromatic heterocycles. The molecule has 0 saturated heterocycles. The highest BCUT2D eigenvalue weighted by atomic mass is 32.1. The lowest BCUT2D eigenvalue weighted by atomic mass is 10.1. The second-order valence-electron chi connectivity index (χ2n) is 7.87. The highest BCUT2D eigenvalue weighted by Gasteiger charge is 2.18. The first-order chi connectivity index (χ1) is 15.1. The summed E-state index contributed by atoms with van der Waals surface area (Å²) in [5, 5.41) is 2.28. The molecule has 0 atom stereocenters. The topological polar surface area (TPSA) is 20.0 Å². The van der Waals surface area contributed by atoms with Gasteiger partial charge in [-0.2, -0.15) is 4.57 Å². The summed E-state index contributed by atoms with van der Waals surface area (Å²) < 4.78 is 3.46. The fourth-order valence-electron chi connectivity index (χ4n) is 3.84. The van der Waals surface area contributed by atoms with Crippen molar-refractivity contribution >= 4 is 50.3 Å². The van der Waals surface area contributed by atoms with Gasteiger partial charge in [0.25, 0.3) is 0 Å². The smallest absolute Gasteiger partial charge is 0.213 e. The number of fused-ring (bicyclic) bond motifs is 2. The zero-order valence-corrected chi connectivity index (χ0v) is 18.7. The lowest BCUT2D eigenvalue weighted by molar-refractivity contribution is -0.646. The Balaban J connectivity index is 1.62. The third-order valence-electron chi connectivity index (χ3n) is 5.62. The van der Waals surface area contributed by atoms with E-state index >= 15 is 0 Å². The molecule has 0 unspecified atom stereocenters. The zero-order chi connectivity index (χ0) is 21.4. The molecule has 152 valence electrons. The lowest BCUT2D eigenvalue weighted by Gasteiger charge is -2.11. The predicted molar refractivity (Wildman–Crippen MR) is 133 cm³/mol. The van der Waals surface area contributed by atoms with Gasteiger partial charge in [0.1, 0.15) is 12.1 Å². The van der Waals surface area contributed by atoms with Crippen molar-refractivity contribution in [2.75, 3.05) is 19.0 Å². The van der Waals surface area contributed by atoms with E-state index in [0.717, 1.165) is 16.2 Å². The van der Waals surface area contributed by atoms with Crippen LogP contribution in [0.3, 0.4) is 0 Å². The Morgan fingerprint density at radius 3 is 2.39 bits per heavy atom. The molecule has 0 aliphatic heterocycles. The number of aromatic nitrogens is 2. The summed E-state index contributed by atoms with van der Waals surface area (Å²) in [5.74, 6) is 0. The minimum atomic E-state index is 1.05. The molecule has 0 aliphatic rings. The minimum absolute atomic E-state index is 1.05. The third-order valence-corrected chi connectivity index (χ3v) is 6.69. The number of hydrogen-bond acceptors (Lipinski definition) is 3. The molecule has 0 radical (unpaired) electrons. The van der Waals surface area contributed by atoms with Gasteiger partial charge >= 0.3 is 0 Å². The Kier molecular flexibility index (Phi) is 5.00. The van der Waals surface area contributed by atoms with Crippen LogP contribution in [0.4, 0.5) is 5.69 Å². The first-order valence-corrected chi connectivity index (χ1v) is 11.1. The maximum atomic E-state index is 4.93. The van der Waals surface area contributed by atoms with E-state index in [1.807, 2.05) is 6.07 Å². The Hall–Kier alpha value is -3.50. The quantitative estimate of drug-likeness (QED) is 0.322. The van der Waals surface area contributed by atoms with Gasteiger partial charge in [-0.25, -0.2) is 4.98 Å². The van der Waals surface area contributed by atoms with E-state index in [9.17, 15) is 0 Å². The zero-order valence-electron chi connectivity index (χ0n) is 17.9. The Labute approximate surface area is 186 Å². The van der Waals surface area contributed by atoms with Crippen LogP contribution >= 0.6 is 11.3 Å². The number of hydrogen-bond donors (Lipinski definition) is 0. The third kappa shape index (κ3) is 3.71. The number of rotatable bonds is 4. The maximum absolute atomic E-state index is 4.93. The van der Waals surface area contributed by atoms with Crippen molar-refractivity contribution < 1.29 is 4.57 Å². The molecule has 0 fully saturated rings. The second-order valence-corrected chi connectivity index (χ2v) is 8.90. The number of anilines is 1. The predicted octanol–water partition coefficient (Wildman–Crippen LogP) is 6.18. The lowest BCUT2D eigenvalue weighted by Crippen LogP contribution is -2.32. The van der Waals surface area contributed by atoms with E-state index in [1.54, 1.807) is 11.3 Å². The molecule has 0 N–H and O–H groups in total. The van der Waals surface area contributed by atoms with E-state index in [-0.39, 0.29) is 0 Å². The molecule has 0 spiro atoms. The standard InChI is InChI=1S/C27H24N3S/c1-29(2)20-15-12-19(13-16-20)14-17-21-18-23(22-8-4-6-10-25(22)30(21)3)27-28-24-9-5-7-11-26(24)31-27/h4-18H,1-3H3/q+1. The highest BCUT2D eigenvalue weighted by molar-refractivity contribution is 7.21. The molecule has 0 saturated carbocycles. The van der Waals surface area contributed by atoms with Gasteiger partial charge in [0, 0.05) is 43.6 Å². The molecule has 2 heterocycles. The minimum Gasteiger partial charge on any atom is -0.378 e. The maximum Gasteiger partial charge on any atom is 0.213 e. The Morgan fingerprint density at radius 1 is 0.871 bits per heavy atom. The average molecular weight is 423 g/mol. The van der Waals surface area contributed by atoms with E-state index in [0.29, 0.717) is 0 Å². The molecular formula is C27H24N3S+. The molecule has 0 bridgehead atoms. The second kappa shape index (κ2) is 7.97. The van der Waals surface area contributed by atoms with Crippen molar-refractivity contribution in [2.45, 2.75) is 0 Å². The summed E-state index contributed by atoms with van der Waals surface area (Å²) in [5.41, 5.74) is 6.95. The van der Waals surface area contributed by atoms with Crippen LogP contribution in [0, 0.1) is 0 Å². The van der Waals surface area contributed by atoms with Crippen molar-refractivity contribution in [3.8, 4) is 10.6 Å². The van der Waals surface area contributed by atoms with Gasteiger partial charge in [0.15, 0.2) is 0 Å². The summed E-state index contributed by atoms with van der Waals surface area (Å²) in [4.78, 5) is 7.04. The molecule has 31 heavy (non-hydrogen) atoms. The van der Waals surface area contributed by atoms with Crippen LogP contribution in [0.1, 0.15) is 11.3 Å². The summed E-state index contributed by atoms with van der Waals surface area (Å²) >= 11 is 1.75. The molecule has 3 aromatic carbocycles. The van der Waals surface area contributed by atoms with Gasteiger partial charge in [-0.3, -0.25) is 0 Å². The Bertz CT molecular complexity index is 1380. The molecule has 5 rings (SSSR count). The van der Waals surface area contributed by atoms with Gasteiger partial charge < -0.3 is 4.90 Å². The monoisotopic (exact) mass is 422 g/mol. The van der Waals surface area contributed by atoms with Crippen LogP contribution in [0.15, 0.2) is 78.9 Å². The number of benzene rings is 3. The SMILES string of the molecule is CN(C)c1ccc(/C=C/c2cc(-c3nc4ccccc4s3)c3ccccc3[n+]2C)cc1. The molecular weight excluding hydrogens is 398 g/mol. The average Bonchev–Trinajstić information content (AvgIpc) is 3.23. The Morgan fingerprint density at radius 2 is 1.61 bits per heavy atom. The number of nitrogens with zero attached hydrogens (tertiary/aromatic N) is 3. The first-order valence-electron chi connectivity index (χ1n) is 10.3. The van der Waals surface area contributed by atoms with Crippen molar-refractivity contribution in [3.05, 3.63) is 90.1 Å². The van der Waals surface area contributed by atoms with Crippen LogP contribution in [-0.4, -0.2) is 19.1 Å². The largest absolute Gasteiger partial charge is 0.378 e.